The Morgan fingerprint density at radius 3 is 2.61 bits per heavy atom. The van der Waals surface area contributed by atoms with Crippen molar-refractivity contribution in [3.05, 3.63) is 53.3 Å². The van der Waals surface area contributed by atoms with E-state index in [9.17, 15) is 4.79 Å². The second-order valence-corrected chi connectivity index (χ2v) is 6.05. The lowest BCUT2D eigenvalue weighted by Crippen LogP contribution is -2.30. The van der Waals surface area contributed by atoms with Gasteiger partial charge in [0.25, 0.3) is 0 Å². The normalized spacial score (nSPS) is 12.1. The van der Waals surface area contributed by atoms with Crippen LogP contribution in [-0.2, 0) is 11.3 Å². The lowest BCUT2D eigenvalue weighted by Gasteiger charge is -2.16. The lowest BCUT2D eigenvalue weighted by molar-refractivity contribution is -0.122. The van der Waals surface area contributed by atoms with Gasteiger partial charge in [-0.25, -0.2) is 0 Å². The number of amides is 1. The van der Waals surface area contributed by atoms with E-state index in [-0.39, 0.29) is 11.8 Å². The highest BCUT2D eigenvalue weighted by atomic mass is 16.1. The third-order valence-electron chi connectivity index (χ3n) is 4.05. The zero-order valence-electron chi connectivity index (χ0n) is 14.4. The summed E-state index contributed by atoms with van der Waals surface area (Å²) in [6.07, 6.45) is 2.77. The molecule has 4 heteroatoms. The SMILES string of the molecule is CCC[C@@H](C(=O)NCCCn1nc(C)cc1C)c1ccccc1. The Morgan fingerprint density at radius 2 is 2.00 bits per heavy atom. The summed E-state index contributed by atoms with van der Waals surface area (Å²) in [5, 5.41) is 7.53. The Kier molecular flexibility index (Phi) is 6.39. The van der Waals surface area contributed by atoms with Crippen LogP contribution < -0.4 is 5.32 Å². The van der Waals surface area contributed by atoms with Gasteiger partial charge >= 0.3 is 0 Å². The molecule has 1 aromatic carbocycles. The van der Waals surface area contributed by atoms with Gasteiger partial charge in [0.2, 0.25) is 5.91 Å². The van der Waals surface area contributed by atoms with Crippen molar-refractivity contribution in [1.82, 2.24) is 15.1 Å². The van der Waals surface area contributed by atoms with Crippen molar-refractivity contribution >= 4 is 5.91 Å². The molecule has 1 atom stereocenters. The molecule has 0 spiro atoms. The molecule has 0 aliphatic heterocycles. The highest BCUT2D eigenvalue weighted by Crippen LogP contribution is 2.21. The lowest BCUT2D eigenvalue weighted by atomic mass is 9.93. The van der Waals surface area contributed by atoms with Crippen LogP contribution in [0, 0.1) is 13.8 Å². The van der Waals surface area contributed by atoms with Crippen LogP contribution in [0.5, 0.6) is 0 Å². The van der Waals surface area contributed by atoms with Gasteiger partial charge in [-0.05, 0) is 38.3 Å². The maximum absolute atomic E-state index is 12.5. The topological polar surface area (TPSA) is 46.9 Å². The zero-order chi connectivity index (χ0) is 16.7. The summed E-state index contributed by atoms with van der Waals surface area (Å²) in [6, 6.07) is 12.1. The molecule has 23 heavy (non-hydrogen) atoms. The number of nitrogens with zero attached hydrogens (tertiary/aromatic N) is 2. The van der Waals surface area contributed by atoms with Crippen LogP contribution in [0.1, 0.15) is 49.1 Å². The average molecular weight is 313 g/mol. The van der Waals surface area contributed by atoms with Crippen LogP contribution in [0.4, 0.5) is 0 Å². The maximum Gasteiger partial charge on any atom is 0.227 e. The smallest absolute Gasteiger partial charge is 0.227 e. The van der Waals surface area contributed by atoms with E-state index in [2.05, 4.69) is 30.3 Å². The van der Waals surface area contributed by atoms with Crippen LogP contribution in [-0.4, -0.2) is 22.2 Å². The standard InChI is InChI=1S/C19H27N3O/c1-4-9-18(17-10-6-5-7-11-17)19(23)20-12-8-13-22-16(3)14-15(2)21-22/h5-7,10-11,14,18H,4,8-9,12-13H2,1-3H3,(H,20,23)/t18-/m1/s1. The van der Waals surface area contributed by atoms with Gasteiger partial charge in [0.1, 0.15) is 0 Å². The van der Waals surface area contributed by atoms with Crippen molar-refractivity contribution in [3.8, 4) is 0 Å². The first-order valence-electron chi connectivity index (χ1n) is 8.45. The Hall–Kier alpha value is -2.10. The van der Waals surface area contributed by atoms with Crippen molar-refractivity contribution in [3.63, 3.8) is 0 Å². The highest BCUT2D eigenvalue weighted by molar-refractivity contribution is 5.83. The number of carbonyl (C=O) groups excluding carboxylic acids is 1. The van der Waals surface area contributed by atoms with E-state index in [1.165, 1.54) is 5.69 Å². The van der Waals surface area contributed by atoms with E-state index in [1.807, 2.05) is 41.9 Å². The van der Waals surface area contributed by atoms with E-state index in [0.717, 1.165) is 37.1 Å². The molecule has 1 aromatic heterocycles. The molecule has 0 bridgehead atoms. The third-order valence-corrected chi connectivity index (χ3v) is 4.05. The Labute approximate surface area is 138 Å². The van der Waals surface area contributed by atoms with Crippen molar-refractivity contribution in [2.75, 3.05) is 6.54 Å². The van der Waals surface area contributed by atoms with E-state index < -0.39 is 0 Å². The molecule has 1 heterocycles. The molecule has 0 saturated heterocycles. The number of rotatable bonds is 8. The van der Waals surface area contributed by atoms with Crippen molar-refractivity contribution in [1.29, 1.82) is 0 Å². The van der Waals surface area contributed by atoms with E-state index >= 15 is 0 Å². The maximum atomic E-state index is 12.5. The van der Waals surface area contributed by atoms with Crippen LogP contribution in [0.3, 0.4) is 0 Å². The minimum atomic E-state index is -0.0464. The van der Waals surface area contributed by atoms with Gasteiger partial charge in [-0.1, -0.05) is 43.7 Å². The van der Waals surface area contributed by atoms with Crippen LogP contribution in [0.2, 0.25) is 0 Å². The molecule has 1 amide bonds. The molecule has 0 saturated carbocycles. The number of hydrogen-bond donors (Lipinski definition) is 1. The minimum absolute atomic E-state index is 0.0464. The fourth-order valence-electron chi connectivity index (χ4n) is 2.89. The van der Waals surface area contributed by atoms with Crippen LogP contribution in [0.15, 0.2) is 36.4 Å². The Bertz CT molecular complexity index is 619. The summed E-state index contributed by atoms with van der Waals surface area (Å²) in [4.78, 5) is 12.5. The van der Waals surface area contributed by atoms with Gasteiger partial charge in [-0.15, -0.1) is 0 Å². The molecule has 2 rings (SSSR count). The number of aryl methyl sites for hydroxylation is 3. The number of carbonyl (C=O) groups is 1. The zero-order valence-corrected chi connectivity index (χ0v) is 14.4. The van der Waals surface area contributed by atoms with Crippen molar-refractivity contribution in [2.45, 2.75) is 52.5 Å². The van der Waals surface area contributed by atoms with Gasteiger partial charge in [0.15, 0.2) is 0 Å². The molecule has 124 valence electrons. The molecule has 0 radical (unpaired) electrons. The van der Waals surface area contributed by atoms with E-state index in [1.54, 1.807) is 0 Å². The summed E-state index contributed by atoms with van der Waals surface area (Å²) in [5.74, 6) is 0.0845. The average Bonchev–Trinajstić information content (AvgIpc) is 2.87. The predicted molar refractivity (Wildman–Crippen MR) is 93.4 cm³/mol. The molecule has 4 nitrogen and oxygen atoms in total. The highest BCUT2D eigenvalue weighted by Gasteiger charge is 2.18. The molecule has 1 N–H and O–H groups in total. The second-order valence-electron chi connectivity index (χ2n) is 6.05. The monoisotopic (exact) mass is 313 g/mol. The molecule has 2 aromatic rings. The van der Waals surface area contributed by atoms with Gasteiger partial charge in [-0.3, -0.25) is 9.48 Å². The summed E-state index contributed by atoms with van der Waals surface area (Å²) < 4.78 is 2.00. The van der Waals surface area contributed by atoms with Crippen molar-refractivity contribution < 1.29 is 4.79 Å². The van der Waals surface area contributed by atoms with E-state index in [0.29, 0.717) is 6.54 Å². The fourth-order valence-corrected chi connectivity index (χ4v) is 2.89. The first-order chi connectivity index (χ1) is 11.1. The van der Waals surface area contributed by atoms with E-state index in [4.69, 9.17) is 0 Å². The molecule has 0 aliphatic rings. The van der Waals surface area contributed by atoms with Crippen LogP contribution in [0.25, 0.3) is 0 Å². The Balaban J connectivity index is 1.83. The van der Waals surface area contributed by atoms with Crippen LogP contribution >= 0.6 is 0 Å². The first kappa shape index (κ1) is 17.3. The third kappa shape index (κ3) is 4.95. The summed E-state index contributed by atoms with van der Waals surface area (Å²) in [5.41, 5.74) is 3.31. The number of benzene rings is 1. The van der Waals surface area contributed by atoms with Crippen molar-refractivity contribution in [2.24, 2.45) is 0 Å². The summed E-state index contributed by atoms with van der Waals surface area (Å²) in [7, 11) is 0. The fraction of sp³-hybridized carbons (Fsp3) is 0.474. The largest absolute Gasteiger partial charge is 0.356 e. The number of hydrogen-bond acceptors (Lipinski definition) is 2. The molecular weight excluding hydrogens is 286 g/mol. The van der Waals surface area contributed by atoms with Gasteiger partial charge in [0.05, 0.1) is 11.6 Å². The van der Waals surface area contributed by atoms with Gasteiger partial charge in [0, 0.05) is 18.8 Å². The summed E-state index contributed by atoms with van der Waals surface area (Å²) in [6.45, 7) is 7.70. The number of nitrogens with one attached hydrogen (secondary N) is 1. The second kappa shape index (κ2) is 8.51. The summed E-state index contributed by atoms with van der Waals surface area (Å²) >= 11 is 0. The molecule has 0 aliphatic carbocycles. The Morgan fingerprint density at radius 1 is 1.26 bits per heavy atom. The predicted octanol–water partition coefficient (Wildman–Crippen LogP) is 3.59. The number of aromatic nitrogens is 2. The minimum Gasteiger partial charge on any atom is -0.356 e. The molecule has 0 fully saturated rings. The van der Waals surface area contributed by atoms with Gasteiger partial charge < -0.3 is 5.32 Å². The molecule has 0 unspecified atom stereocenters. The quantitative estimate of drug-likeness (QED) is 0.757. The van der Waals surface area contributed by atoms with Gasteiger partial charge in [-0.2, -0.15) is 5.10 Å². The molecular formula is C19H27N3O. The first-order valence-corrected chi connectivity index (χ1v) is 8.45.